The Labute approximate surface area is 102 Å². The lowest BCUT2D eigenvalue weighted by molar-refractivity contribution is -0.125. The topological polar surface area (TPSA) is 63.4 Å². The lowest BCUT2D eigenvalue weighted by atomic mass is 10.3. The van der Waals surface area contributed by atoms with E-state index in [-0.39, 0.29) is 11.7 Å². The van der Waals surface area contributed by atoms with Crippen LogP contribution >= 0.6 is 11.6 Å². The minimum Gasteiger partial charge on any atom is -0.398 e. The van der Waals surface area contributed by atoms with Gasteiger partial charge in [0.05, 0.1) is 15.7 Å². The molecule has 0 aliphatic carbocycles. The number of hydrogen-bond donors (Lipinski definition) is 1. The first-order valence-corrected chi connectivity index (χ1v) is 6.25. The molecule has 1 atom stereocenters. The molecule has 0 heterocycles. The van der Waals surface area contributed by atoms with E-state index in [4.69, 9.17) is 17.3 Å². The first-order valence-electron chi connectivity index (χ1n) is 4.55. The van der Waals surface area contributed by atoms with Gasteiger partial charge < -0.3 is 10.6 Å². The molecule has 0 saturated carbocycles. The summed E-state index contributed by atoms with van der Waals surface area (Å²) >= 11 is 5.72. The molecule has 1 amide bonds. The molecule has 88 valence electrons. The van der Waals surface area contributed by atoms with E-state index in [0.717, 1.165) is 0 Å². The van der Waals surface area contributed by atoms with Gasteiger partial charge in [-0.2, -0.15) is 0 Å². The van der Waals surface area contributed by atoms with E-state index in [9.17, 15) is 9.00 Å². The van der Waals surface area contributed by atoms with Crippen molar-refractivity contribution in [1.82, 2.24) is 4.90 Å². The molecule has 0 bridgehead atoms. The summed E-state index contributed by atoms with van der Waals surface area (Å²) in [7, 11) is 1.80. The SMILES string of the molecule is CN(C)C(=O)CS(=O)c1ccc(Cl)cc1N. The molecular weight excluding hydrogens is 248 g/mol. The summed E-state index contributed by atoms with van der Waals surface area (Å²) in [6.07, 6.45) is 0. The molecule has 1 rings (SSSR count). The standard InChI is InChI=1S/C10H13ClN2O2S/c1-13(2)10(14)6-16(15)9-4-3-7(11)5-8(9)12/h3-5H,6,12H2,1-2H3. The van der Waals surface area contributed by atoms with Crippen molar-refractivity contribution in [3.8, 4) is 0 Å². The summed E-state index contributed by atoms with van der Waals surface area (Å²) in [5.74, 6) is -0.272. The highest BCUT2D eigenvalue weighted by Crippen LogP contribution is 2.21. The average molecular weight is 261 g/mol. The predicted octanol–water partition coefficient (Wildman–Crippen LogP) is 1.12. The minimum atomic E-state index is -1.43. The molecule has 1 unspecified atom stereocenters. The number of nitrogens with zero attached hydrogens (tertiary/aromatic N) is 1. The summed E-state index contributed by atoms with van der Waals surface area (Å²) < 4.78 is 11.8. The van der Waals surface area contributed by atoms with Crippen LogP contribution in [0.25, 0.3) is 0 Å². The molecule has 2 N–H and O–H groups in total. The molecule has 0 radical (unpaired) electrons. The van der Waals surface area contributed by atoms with E-state index in [1.807, 2.05) is 0 Å². The van der Waals surface area contributed by atoms with Gasteiger partial charge >= 0.3 is 0 Å². The number of carbonyl (C=O) groups excluding carboxylic acids is 1. The minimum absolute atomic E-state index is 0.0706. The Hall–Kier alpha value is -1.07. The molecule has 1 aromatic carbocycles. The molecule has 0 saturated heterocycles. The Balaban J connectivity index is 2.85. The van der Waals surface area contributed by atoms with Gasteiger partial charge in [-0.3, -0.25) is 9.00 Å². The third kappa shape index (κ3) is 3.21. The number of benzene rings is 1. The van der Waals surface area contributed by atoms with Crippen LogP contribution in [0.4, 0.5) is 5.69 Å². The third-order valence-corrected chi connectivity index (χ3v) is 3.58. The van der Waals surface area contributed by atoms with E-state index < -0.39 is 10.8 Å². The molecule has 4 nitrogen and oxygen atoms in total. The van der Waals surface area contributed by atoms with Crippen LogP contribution in [0.2, 0.25) is 5.02 Å². The molecule has 0 spiro atoms. The van der Waals surface area contributed by atoms with Gasteiger partial charge in [0.1, 0.15) is 5.75 Å². The first-order chi connectivity index (χ1) is 7.41. The molecule has 0 aromatic heterocycles. The summed E-state index contributed by atoms with van der Waals surface area (Å²) in [4.78, 5) is 13.2. The van der Waals surface area contributed by atoms with Crippen LogP contribution in [0.15, 0.2) is 23.1 Å². The zero-order valence-corrected chi connectivity index (χ0v) is 10.6. The third-order valence-electron chi connectivity index (χ3n) is 1.97. The van der Waals surface area contributed by atoms with Gasteiger partial charge in [-0.05, 0) is 18.2 Å². The highest BCUT2D eigenvalue weighted by atomic mass is 35.5. The number of carbonyl (C=O) groups is 1. The molecule has 6 heteroatoms. The lowest BCUT2D eigenvalue weighted by Gasteiger charge is -2.10. The summed E-state index contributed by atoms with van der Waals surface area (Å²) in [6, 6.07) is 4.71. The Morgan fingerprint density at radius 3 is 2.62 bits per heavy atom. The van der Waals surface area contributed by atoms with Crippen molar-refractivity contribution < 1.29 is 9.00 Å². The summed E-state index contributed by atoms with van der Waals surface area (Å²) in [6.45, 7) is 0. The molecule has 0 fully saturated rings. The second-order valence-electron chi connectivity index (χ2n) is 3.46. The van der Waals surface area contributed by atoms with Crippen molar-refractivity contribution in [1.29, 1.82) is 0 Å². The number of hydrogen-bond acceptors (Lipinski definition) is 3. The Kier molecular flexibility index (Phi) is 4.32. The summed E-state index contributed by atoms with van der Waals surface area (Å²) in [5.41, 5.74) is 6.02. The van der Waals surface area contributed by atoms with Gasteiger partial charge in [0.2, 0.25) is 5.91 Å². The van der Waals surface area contributed by atoms with E-state index in [1.54, 1.807) is 26.2 Å². The number of halogens is 1. The van der Waals surface area contributed by atoms with Crippen LogP contribution in [0.5, 0.6) is 0 Å². The maximum Gasteiger partial charge on any atom is 0.235 e. The van der Waals surface area contributed by atoms with Crippen molar-refractivity contribution in [3.63, 3.8) is 0 Å². The lowest BCUT2D eigenvalue weighted by Crippen LogP contribution is -2.27. The fourth-order valence-electron chi connectivity index (χ4n) is 1.05. The second kappa shape index (κ2) is 5.32. The van der Waals surface area contributed by atoms with E-state index in [1.165, 1.54) is 11.0 Å². The Morgan fingerprint density at radius 2 is 2.12 bits per heavy atom. The van der Waals surface area contributed by atoms with Gasteiger partial charge in [0.15, 0.2) is 0 Å². The first kappa shape index (κ1) is 13.0. The van der Waals surface area contributed by atoms with Crippen molar-refractivity contribution in [3.05, 3.63) is 23.2 Å². The van der Waals surface area contributed by atoms with Gasteiger partial charge in [-0.15, -0.1) is 0 Å². The van der Waals surface area contributed by atoms with Gasteiger partial charge in [0.25, 0.3) is 0 Å². The van der Waals surface area contributed by atoms with Crippen LogP contribution in [0, 0.1) is 0 Å². The zero-order valence-electron chi connectivity index (χ0n) is 9.07. The molecular formula is C10H13ClN2O2S. The second-order valence-corrected chi connectivity index (χ2v) is 5.32. The normalized spacial score (nSPS) is 12.2. The summed E-state index contributed by atoms with van der Waals surface area (Å²) in [5, 5.41) is 0.484. The van der Waals surface area contributed by atoms with E-state index in [0.29, 0.717) is 15.6 Å². The maximum absolute atomic E-state index is 11.8. The number of nitrogens with two attached hydrogens (primary N) is 1. The van der Waals surface area contributed by atoms with Crippen molar-refractivity contribution in [2.75, 3.05) is 25.6 Å². The van der Waals surface area contributed by atoms with Crippen LogP contribution in [0.3, 0.4) is 0 Å². The van der Waals surface area contributed by atoms with Gasteiger partial charge in [-0.25, -0.2) is 0 Å². The fourth-order valence-corrected chi connectivity index (χ4v) is 2.41. The Bertz CT molecular complexity index is 435. The zero-order chi connectivity index (χ0) is 12.3. The van der Waals surface area contributed by atoms with Crippen molar-refractivity contribution in [2.45, 2.75) is 4.90 Å². The highest BCUT2D eigenvalue weighted by molar-refractivity contribution is 7.86. The number of amides is 1. The molecule has 1 aromatic rings. The average Bonchev–Trinajstić information content (AvgIpc) is 2.16. The predicted molar refractivity (Wildman–Crippen MR) is 65.8 cm³/mol. The number of nitrogen functional groups attached to an aromatic ring is 1. The van der Waals surface area contributed by atoms with Crippen LogP contribution in [0.1, 0.15) is 0 Å². The van der Waals surface area contributed by atoms with Crippen molar-refractivity contribution >= 4 is 34.0 Å². The molecule has 0 aliphatic rings. The van der Waals surface area contributed by atoms with Crippen LogP contribution in [-0.2, 0) is 15.6 Å². The van der Waals surface area contributed by atoms with Crippen LogP contribution in [-0.4, -0.2) is 34.9 Å². The largest absolute Gasteiger partial charge is 0.398 e. The fraction of sp³-hybridized carbons (Fsp3) is 0.300. The maximum atomic E-state index is 11.8. The van der Waals surface area contributed by atoms with Crippen molar-refractivity contribution in [2.24, 2.45) is 0 Å². The molecule has 0 aliphatic heterocycles. The monoisotopic (exact) mass is 260 g/mol. The van der Waals surface area contributed by atoms with E-state index in [2.05, 4.69) is 0 Å². The van der Waals surface area contributed by atoms with Gasteiger partial charge in [0, 0.05) is 24.8 Å². The smallest absolute Gasteiger partial charge is 0.235 e. The number of anilines is 1. The molecule has 16 heavy (non-hydrogen) atoms. The van der Waals surface area contributed by atoms with Crippen LogP contribution < -0.4 is 5.73 Å². The highest BCUT2D eigenvalue weighted by Gasteiger charge is 2.14. The van der Waals surface area contributed by atoms with E-state index >= 15 is 0 Å². The number of rotatable bonds is 3. The Morgan fingerprint density at radius 1 is 1.50 bits per heavy atom. The quantitative estimate of drug-likeness (QED) is 0.829. The van der Waals surface area contributed by atoms with Gasteiger partial charge in [-0.1, -0.05) is 11.6 Å².